The third kappa shape index (κ3) is 3.30. The van der Waals surface area contributed by atoms with Crippen LogP contribution in [0.15, 0.2) is 0 Å². The van der Waals surface area contributed by atoms with E-state index in [-0.39, 0.29) is 5.54 Å². The van der Waals surface area contributed by atoms with Crippen molar-refractivity contribution in [2.45, 2.75) is 65.3 Å². The van der Waals surface area contributed by atoms with Gasteiger partial charge >= 0.3 is 0 Å². The largest absolute Gasteiger partial charge is 0.325 e. The van der Waals surface area contributed by atoms with Crippen molar-refractivity contribution in [3.63, 3.8) is 0 Å². The van der Waals surface area contributed by atoms with Crippen molar-refractivity contribution in [2.75, 3.05) is 0 Å². The summed E-state index contributed by atoms with van der Waals surface area (Å²) < 4.78 is 0. The molecule has 0 bridgehead atoms. The molecule has 1 atom stereocenters. The average Bonchev–Trinajstić information content (AvgIpc) is 2.23. The van der Waals surface area contributed by atoms with E-state index >= 15 is 0 Å². The molecule has 1 heteroatoms. The maximum absolute atomic E-state index is 6.38. The first kappa shape index (κ1) is 11.0. The highest BCUT2D eigenvalue weighted by molar-refractivity contribution is 4.97. The molecule has 0 spiro atoms. The molecule has 2 N–H and O–H groups in total. The van der Waals surface area contributed by atoms with Crippen LogP contribution >= 0.6 is 0 Å². The zero-order valence-corrected chi connectivity index (χ0v) is 9.69. The molecule has 1 aliphatic rings. The van der Waals surface area contributed by atoms with Crippen LogP contribution in [0.4, 0.5) is 0 Å². The van der Waals surface area contributed by atoms with E-state index in [1.807, 2.05) is 0 Å². The molecule has 1 nitrogen and oxygen atoms in total. The second-order valence-corrected chi connectivity index (χ2v) is 6.14. The highest BCUT2D eigenvalue weighted by Crippen LogP contribution is 2.44. The van der Waals surface area contributed by atoms with Gasteiger partial charge < -0.3 is 5.73 Å². The first-order valence-corrected chi connectivity index (χ1v) is 5.62. The van der Waals surface area contributed by atoms with E-state index in [4.69, 9.17) is 5.73 Å². The van der Waals surface area contributed by atoms with Crippen LogP contribution in [0.25, 0.3) is 0 Å². The van der Waals surface area contributed by atoms with Gasteiger partial charge in [0.2, 0.25) is 0 Å². The highest BCUT2D eigenvalue weighted by Gasteiger charge is 2.39. The molecule has 0 saturated heterocycles. The maximum atomic E-state index is 6.38. The molecule has 0 heterocycles. The summed E-state index contributed by atoms with van der Waals surface area (Å²) in [4.78, 5) is 0. The number of hydrogen-bond acceptors (Lipinski definition) is 1. The standard InChI is InChI=1S/C12H25N/c1-10(2)5-6-12(13)8-7-11(3,4)9-12/h10H,5-9,13H2,1-4H3. The molecule has 1 rings (SSSR count). The minimum atomic E-state index is 0.160. The fourth-order valence-corrected chi connectivity index (χ4v) is 2.51. The smallest absolute Gasteiger partial charge is 0.0159 e. The first-order valence-electron chi connectivity index (χ1n) is 5.62. The molecule has 0 aliphatic heterocycles. The minimum absolute atomic E-state index is 0.160. The first-order chi connectivity index (χ1) is 5.83. The van der Waals surface area contributed by atoms with Crippen molar-refractivity contribution < 1.29 is 0 Å². The molecule has 0 aromatic heterocycles. The van der Waals surface area contributed by atoms with Gasteiger partial charge in [0.1, 0.15) is 0 Å². The van der Waals surface area contributed by atoms with Gasteiger partial charge in [-0.05, 0) is 43.4 Å². The molecule has 0 radical (unpaired) electrons. The zero-order valence-electron chi connectivity index (χ0n) is 9.69. The fourth-order valence-electron chi connectivity index (χ4n) is 2.51. The van der Waals surface area contributed by atoms with E-state index in [1.54, 1.807) is 0 Å². The summed E-state index contributed by atoms with van der Waals surface area (Å²) in [5, 5.41) is 0. The molecule has 78 valence electrons. The lowest BCUT2D eigenvalue weighted by Gasteiger charge is -2.27. The van der Waals surface area contributed by atoms with Crippen molar-refractivity contribution in [2.24, 2.45) is 17.1 Å². The van der Waals surface area contributed by atoms with Crippen LogP contribution in [-0.4, -0.2) is 5.54 Å². The van der Waals surface area contributed by atoms with Crippen LogP contribution in [0, 0.1) is 11.3 Å². The Labute approximate surface area is 83.1 Å². The van der Waals surface area contributed by atoms with Crippen molar-refractivity contribution in [3.8, 4) is 0 Å². The molecule has 1 fully saturated rings. The SMILES string of the molecule is CC(C)CCC1(N)CCC(C)(C)C1. The third-order valence-electron chi connectivity index (χ3n) is 3.35. The molecule has 1 saturated carbocycles. The maximum Gasteiger partial charge on any atom is 0.0159 e. The third-order valence-corrected chi connectivity index (χ3v) is 3.35. The fraction of sp³-hybridized carbons (Fsp3) is 1.00. The van der Waals surface area contributed by atoms with Crippen molar-refractivity contribution in [1.29, 1.82) is 0 Å². The van der Waals surface area contributed by atoms with E-state index in [1.165, 1.54) is 32.1 Å². The Balaban J connectivity index is 2.41. The molecule has 1 unspecified atom stereocenters. The van der Waals surface area contributed by atoms with Crippen LogP contribution in [0.2, 0.25) is 0 Å². The number of rotatable bonds is 3. The summed E-state index contributed by atoms with van der Waals surface area (Å²) in [6, 6.07) is 0. The topological polar surface area (TPSA) is 26.0 Å². The average molecular weight is 183 g/mol. The van der Waals surface area contributed by atoms with Gasteiger partial charge in [-0.15, -0.1) is 0 Å². The van der Waals surface area contributed by atoms with Gasteiger partial charge in [0.05, 0.1) is 0 Å². The van der Waals surface area contributed by atoms with Gasteiger partial charge in [-0.1, -0.05) is 27.7 Å². The summed E-state index contributed by atoms with van der Waals surface area (Å²) in [5.41, 5.74) is 7.04. The zero-order chi connectivity index (χ0) is 10.1. The van der Waals surface area contributed by atoms with E-state index in [0.717, 1.165) is 5.92 Å². The van der Waals surface area contributed by atoms with E-state index in [2.05, 4.69) is 27.7 Å². The Kier molecular flexibility index (Phi) is 3.06. The summed E-state index contributed by atoms with van der Waals surface area (Å²) in [6.45, 7) is 9.25. The molecule has 0 aromatic rings. The normalized spacial score (nSPS) is 32.8. The second-order valence-electron chi connectivity index (χ2n) is 6.14. The Morgan fingerprint density at radius 3 is 2.23 bits per heavy atom. The van der Waals surface area contributed by atoms with Crippen molar-refractivity contribution in [1.82, 2.24) is 0 Å². The number of nitrogens with two attached hydrogens (primary N) is 1. The monoisotopic (exact) mass is 183 g/mol. The lowest BCUT2D eigenvalue weighted by molar-refractivity contribution is 0.308. The van der Waals surface area contributed by atoms with Crippen LogP contribution in [-0.2, 0) is 0 Å². The van der Waals surface area contributed by atoms with E-state index < -0.39 is 0 Å². The summed E-state index contributed by atoms with van der Waals surface area (Å²) in [5.74, 6) is 0.795. The Morgan fingerprint density at radius 2 is 1.85 bits per heavy atom. The molecular formula is C12H25N. The highest BCUT2D eigenvalue weighted by atomic mass is 14.8. The van der Waals surface area contributed by atoms with Crippen LogP contribution in [0.5, 0.6) is 0 Å². The predicted octanol–water partition coefficient (Wildman–Crippen LogP) is 3.33. The molecule has 13 heavy (non-hydrogen) atoms. The Hall–Kier alpha value is -0.0400. The molecule has 0 amide bonds. The van der Waals surface area contributed by atoms with E-state index in [9.17, 15) is 0 Å². The van der Waals surface area contributed by atoms with Gasteiger partial charge in [-0.3, -0.25) is 0 Å². The lowest BCUT2D eigenvalue weighted by Crippen LogP contribution is -2.37. The quantitative estimate of drug-likeness (QED) is 0.713. The predicted molar refractivity (Wildman–Crippen MR) is 58.6 cm³/mol. The van der Waals surface area contributed by atoms with Gasteiger partial charge in [-0.25, -0.2) is 0 Å². The summed E-state index contributed by atoms with van der Waals surface area (Å²) in [6.07, 6.45) is 6.25. The Bertz CT molecular complexity index is 172. The molecule has 1 aliphatic carbocycles. The minimum Gasteiger partial charge on any atom is -0.325 e. The van der Waals surface area contributed by atoms with Gasteiger partial charge in [-0.2, -0.15) is 0 Å². The van der Waals surface area contributed by atoms with Crippen LogP contribution in [0.3, 0.4) is 0 Å². The van der Waals surface area contributed by atoms with Gasteiger partial charge in [0, 0.05) is 5.54 Å². The lowest BCUT2D eigenvalue weighted by atomic mass is 9.84. The summed E-state index contributed by atoms with van der Waals surface area (Å²) >= 11 is 0. The second kappa shape index (κ2) is 3.61. The van der Waals surface area contributed by atoms with Gasteiger partial charge in [0.15, 0.2) is 0 Å². The Morgan fingerprint density at radius 1 is 1.23 bits per heavy atom. The van der Waals surface area contributed by atoms with Crippen molar-refractivity contribution in [3.05, 3.63) is 0 Å². The molecular weight excluding hydrogens is 158 g/mol. The van der Waals surface area contributed by atoms with Crippen LogP contribution < -0.4 is 5.73 Å². The van der Waals surface area contributed by atoms with Gasteiger partial charge in [0.25, 0.3) is 0 Å². The number of hydrogen-bond donors (Lipinski definition) is 1. The molecule has 0 aromatic carbocycles. The van der Waals surface area contributed by atoms with E-state index in [0.29, 0.717) is 5.41 Å². The van der Waals surface area contributed by atoms with Crippen LogP contribution in [0.1, 0.15) is 59.8 Å². The van der Waals surface area contributed by atoms with Crippen molar-refractivity contribution >= 4 is 0 Å². The summed E-state index contributed by atoms with van der Waals surface area (Å²) in [7, 11) is 0.